The van der Waals surface area contributed by atoms with E-state index in [4.69, 9.17) is 16.9 Å². The van der Waals surface area contributed by atoms with E-state index in [1.54, 1.807) is 6.07 Å². The van der Waals surface area contributed by atoms with Crippen LogP contribution in [0.5, 0.6) is 0 Å². The average molecular weight is 352 g/mol. The van der Waals surface area contributed by atoms with Crippen molar-refractivity contribution in [3.05, 3.63) is 45.3 Å². The molecule has 2 aromatic rings. The second-order valence-corrected chi connectivity index (χ2v) is 5.44. The molecule has 0 bridgehead atoms. The molecule has 0 spiro atoms. The predicted octanol–water partition coefficient (Wildman–Crippen LogP) is 4.46. The Kier molecular flexibility index (Phi) is 4.94. The topological polar surface area (TPSA) is 61.6 Å². The van der Waals surface area contributed by atoms with Crippen molar-refractivity contribution >= 4 is 39.0 Å². The van der Waals surface area contributed by atoms with Gasteiger partial charge in [0.1, 0.15) is 23.4 Å². The second-order valence-electron chi connectivity index (χ2n) is 4.17. The van der Waals surface area contributed by atoms with E-state index in [1.165, 1.54) is 6.33 Å². The molecule has 1 aromatic heterocycles. The van der Waals surface area contributed by atoms with E-state index in [-0.39, 0.29) is 0 Å². The van der Waals surface area contributed by atoms with Gasteiger partial charge in [-0.2, -0.15) is 5.26 Å². The second kappa shape index (κ2) is 6.69. The number of hydrogen-bond acceptors (Lipinski definition) is 4. The van der Waals surface area contributed by atoms with E-state index in [9.17, 15) is 0 Å². The normalized spacial score (nSPS) is 10.1. The lowest BCUT2D eigenvalue weighted by molar-refractivity contribution is 0.904. The number of hydrogen-bond donors (Lipinski definition) is 1. The van der Waals surface area contributed by atoms with Crippen molar-refractivity contribution in [2.75, 3.05) is 5.32 Å². The van der Waals surface area contributed by atoms with E-state index in [0.717, 1.165) is 22.9 Å². The fraction of sp³-hybridized carbons (Fsp3) is 0.214. The summed E-state index contributed by atoms with van der Waals surface area (Å²) in [7, 11) is 0. The van der Waals surface area contributed by atoms with Gasteiger partial charge in [0.25, 0.3) is 0 Å². The van der Waals surface area contributed by atoms with E-state index in [1.807, 2.05) is 12.1 Å². The fourth-order valence-electron chi connectivity index (χ4n) is 1.82. The number of anilines is 2. The minimum absolute atomic E-state index is 0.442. The van der Waals surface area contributed by atoms with Gasteiger partial charge in [-0.05, 0) is 24.6 Å². The molecule has 4 nitrogen and oxygen atoms in total. The number of nitriles is 1. The minimum Gasteiger partial charge on any atom is -0.339 e. The molecule has 6 heteroatoms. The van der Waals surface area contributed by atoms with Gasteiger partial charge in [-0.15, -0.1) is 0 Å². The maximum absolute atomic E-state index is 9.15. The molecular formula is C14H12BrClN4. The Morgan fingerprint density at radius 2 is 2.20 bits per heavy atom. The molecule has 1 aromatic carbocycles. The first-order valence-electron chi connectivity index (χ1n) is 6.11. The smallest absolute Gasteiger partial charge is 0.138 e. The Morgan fingerprint density at radius 3 is 2.90 bits per heavy atom. The molecule has 0 unspecified atom stereocenters. The lowest BCUT2D eigenvalue weighted by Crippen LogP contribution is -2.02. The summed E-state index contributed by atoms with van der Waals surface area (Å²) in [5.41, 5.74) is 2.10. The summed E-state index contributed by atoms with van der Waals surface area (Å²) in [6.45, 7) is 2.06. The van der Waals surface area contributed by atoms with Crippen molar-refractivity contribution < 1.29 is 0 Å². The van der Waals surface area contributed by atoms with Crippen LogP contribution in [0.1, 0.15) is 24.5 Å². The standard InChI is InChI=1S/C14H12BrClN4/c1-2-3-11-13(16)18-8-19-14(11)20-12-6-10(15)5-4-9(12)7-17/h4-6,8H,2-3H2,1H3,(H,18,19,20). The highest BCUT2D eigenvalue weighted by molar-refractivity contribution is 9.10. The molecular weight excluding hydrogens is 340 g/mol. The zero-order valence-corrected chi connectivity index (χ0v) is 13.2. The lowest BCUT2D eigenvalue weighted by atomic mass is 10.1. The lowest BCUT2D eigenvalue weighted by Gasteiger charge is -2.12. The molecule has 2 rings (SSSR count). The first kappa shape index (κ1) is 14.8. The van der Waals surface area contributed by atoms with Gasteiger partial charge in [-0.1, -0.05) is 40.9 Å². The third-order valence-corrected chi connectivity index (χ3v) is 3.57. The molecule has 1 N–H and O–H groups in total. The van der Waals surface area contributed by atoms with Gasteiger partial charge >= 0.3 is 0 Å². The first-order chi connectivity index (χ1) is 9.65. The van der Waals surface area contributed by atoms with Crippen LogP contribution in [0, 0.1) is 11.3 Å². The third-order valence-electron chi connectivity index (χ3n) is 2.75. The van der Waals surface area contributed by atoms with Crippen LogP contribution in [0.25, 0.3) is 0 Å². The highest BCUT2D eigenvalue weighted by Crippen LogP contribution is 2.28. The number of benzene rings is 1. The van der Waals surface area contributed by atoms with Crippen LogP contribution in [0.3, 0.4) is 0 Å². The van der Waals surface area contributed by atoms with Gasteiger partial charge in [0, 0.05) is 10.0 Å². The Balaban J connectivity index is 2.43. The van der Waals surface area contributed by atoms with Gasteiger partial charge in [-0.25, -0.2) is 9.97 Å². The number of rotatable bonds is 4. The highest BCUT2D eigenvalue weighted by atomic mass is 79.9. The van der Waals surface area contributed by atoms with Crippen LogP contribution in [-0.4, -0.2) is 9.97 Å². The van der Waals surface area contributed by atoms with Crippen molar-refractivity contribution in [2.45, 2.75) is 19.8 Å². The molecule has 0 atom stereocenters. The summed E-state index contributed by atoms with van der Waals surface area (Å²) >= 11 is 9.51. The van der Waals surface area contributed by atoms with Crippen molar-refractivity contribution in [1.82, 2.24) is 9.97 Å². The summed E-state index contributed by atoms with van der Waals surface area (Å²) in [4.78, 5) is 8.23. The van der Waals surface area contributed by atoms with E-state index >= 15 is 0 Å². The number of aromatic nitrogens is 2. The van der Waals surface area contributed by atoms with Crippen LogP contribution >= 0.6 is 27.5 Å². The number of halogens is 2. The van der Waals surface area contributed by atoms with Gasteiger partial charge < -0.3 is 5.32 Å². The Hall–Kier alpha value is -1.64. The van der Waals surface area contributed by atoms with Crippen LogP contribution < -0.4 is 5.32 Å². The van der Waals surface area contributed by atoms with Gasteiger partial charge in [0.2, 0.25) is 0 Å². The molecule has 0 aliphatic rings. The maximum atomic E-state index is 9.15. The fourth-order valence-corrected chi connectivity index (χ4v) is 2.40. The van der Waals surface area contributed by atoms with Crippen molar-refractivity contribution in [3.63, 3.8) is 0 Å². The van der Waals surface area contributed by atoms with E-state index in [2.05, 4.69) is 44.2 Å². The Morgan fingerprint density at radius 1 is 1.40 bits per heavy atom. The van der Waals surface area contributed by atoms with Crippen LogP contribution in [-0.2, 0) is 6.42 Å². The zero-order valence-electron chi connectivity index (χ0n) is 10.8. The largest absolute Gasteiger partial charge is 0.339 e. The number of nitrogens with zero attached hydrogens (tertiary/aromatic N) is 3. The minimum atomic E-state index is 0.442. The van der Waals surface area contributed by atoms with Crippen molar-refractivity contribution in [2.24, 2.45) is 0 Å². The maximum Gasteiger partial charge on any atom is 0.138 e. The molecule has 0 saturated heterocycles. The molecule has 102 valence electrons. The van der Waals surface area contributed by atoms with Crippen molar-refractivity contribution in [3.8, 4) is 6.07 Å². The molecule has 0 amide bonds. The first-order valence-corrected chi connectivity index (χ1v) is 7.28. The Bertz CT molecular complexity index is 667. The SMILES string of the molecule is CCCc1c(Cl)ncnc1Nc1cc(Br)ccc1C#N. The van der Waals surface area contributed by atoms with Gasteiger partial charge in [-0.3, -0.25) is 0 Å². The van der Waals surface area contributed by atoms with Crippen LogP contribution in [0.4, 0.5) is 11.5 Å². The van der Waals surface area contributed by atoms with Crippen LogP contribution in [0.2, 0.25) is 5.15 Å². The van der Waals surface area contributed by atoms with E-state index in [0.29, 0.717) is 22.2 Å². The van der Waals surface area contributed by atoms with Gasteiger partial charge in [0.15, 0.2) is 0 Å². The summed E-state index contributed by atoms with van der Waals surface area (Å²) in [5, 5.41) is 12.8. The molecule has 0 fully saturated rings. The summed E-state index contributed by atoms with van der Waals surface area (Å²) < 4.78 is 0.885. The third kappa shape index (κ3) is 3.27. The quantitative estimate of drug-likeness (QED) is 0.826. The molecule has 0 saturated carbocycles. The monoisotopic (exact) mass is 350 g/mol. The molecule has 20 heavy (non-hydrogen) atoms. The molecule has 1 heterocycles. The number of nitrogens with one attached hydrogen (secondary N) is 1. The summed E-state index contributed by atoms with van der Waals surface area (Å²) in [5.74, 6) is 0.640. The van der Waals surface area contributed by atoms with E-state index < -0.39 is 0 Å². The summed E-state index contributed by atoms with van der Waals surface area (Å²) in [6, 6.07) is 7.55. The van der Waals surface area contributed by atoms with Crippen molar-refractivity contribution in [1.29, 1.82) is 5.26 Å². The highest BCUT2D eigenvalue weighted by Gasteiger charge is 2.11. The molecule has 0 aliphatic heterocycles. The molecule has 0 radical (unpaired) electrons. The van der Waals surface area contributed by atoms with Crippen LogP contribution in [0.15, 0.2) is 29.0 Å². The Labute approximate surface area is 131 Å². The predicted molar refractivity (Wildman–Crippen MR) is 83.2 cm³/mol. The molecule has 0 aliphatic carbocycles. The van der Waals surface area contributed by atoms with Gasteiger partial charge in [0.05, 0.1) is 11.3 Å². The zero-order chi connectivity index (χ0) is 14.5. The summed E-state index contributed by atoms with van der Waals surface area (Å²) in [6.07, 6.45) is 3.12. The average Bonchev–Trinajstić information content (AvgIpc) is 2.43.